The second-order valence-electron chi connectivity index (χ2n) is 14.8. The van der Waals surface area contributed by atoms with Gasteiger partial charge in [0.1, 0.15) is 0 Å². The molecule has 0 spiro atoms. The van der Waals surface area contributed by atoms with Crippen LogP contribution in [0.1, 0.15) is 141 Å². The molecule has 0 saturated heterocycles. The van der Waals surface area contributed by atoms with Crippen molar-refractivity contribution in [2.75, 3.05) is 55.4 Å². The highest BCUT2D eigenvalue weighted by atomic mass is 16.2. The molecule has 0 bridgehead atoms. The van der Waals surface area contributed by atoms with Crippen LogP contribution in [-0.2, 0) is 9.59 Å². The quantitative estimate of drug-likeness (QED) is 0.0980. The van der Waals surface area contributed by atoms with Gasteiger partial charge in [-0.05, 0) is 51.4 Å². The summed E-state index contributed by atoms with van der Waals surface area (Å²) in [6.07, 6.45) is 25.5. The SMILES string of the molecule is C[N+](C)(C)CCCCCCCCCCC(=O)N[C@H]1CCCC[C@@H]1NC(=O)CCCCCCCCCC[N+](C)(C)C. The Morgan fingerprint density at radius 3 is 1.05 bits per heavy atom. The van der Waals surface area contributed by atoms with Crippen LogP contribution in [0.25, 0.3) is 0 Å². The van der Waals surface area contributed by atoms with Crippen molar-refractivity contribution < 1.29 is 18.6 Å². The average molecular weight is 567 g/mol. The molecule has 1 rings (SSSR count). The minimum atomic E-state index is 0.106. The van der Waals surface area contributed by atoms with Crippen LogP contribution in [0.2, 0.25) is 0 Å². The molecule has 6 heteroatoms. The fourth-order valence-electron chi connectivity index (χ4n) is 5.90. The first-order chi connectivity index (χ1) is 19.0. The summed E-state index contributed by atoms with van der Waals surface area (Å²) in [4.78, 5) is 25.2. The summed E-state index contributed by atoms with van der Waals surface area (Å²) in [7, 11) is 13.6. The zero-order chi connectivity index (χ0) is 29.7. The van der Waals surface area contributed by atoms with Crippen LogP contribution in [0.3, 0.4) is 0 Å². The summed E-state index contributed by atoms with van der Waals surface area (Å²) in [5.41, 5.74) is 0. The van der Waals surface area contributed by atoms with Gasteiger partial charge in [0, 0.05) is 24.9 Å². The molecule has 0 aliphatic heterocycles. The van der Waals surface area contributed by atoms with Crippen molar-refractivity contribution in [3.05, 3.63) is 0 Å². The van der Waals surface area contributed by atoms with E-state index in [9.17, 15) is 9.59 Å². The molecule has 0 radical (unpaired) electrons. The molecule has 0 unspecified atom stereocenters. The van der Waals surface area contributed by atoms with Crippen molar-refractivity contribution in [2.24, 2.45) is 0 Å². The number of amides is 2. The summed E-state index contributed by atoms with van der Waals surface area (Å²) in [6, 6.07) is 0.211. The van der Waals surface area contributed by atoms with Crippen LogP contribution in [0.5, 0.6) is 0 Å². The van der Waals surface area contributed by atoms with Crippen molar-refractivity contribution >= 4 is 11.8 Å². The zero-order valence-corrected chi connectivity index (χ0v) is 27.8. The van der Waals surface area contributed by atoms with E-state index in [1.54, 1.807) is 0 Å². The van der Waals surface area contributed by atoms with Crippen molar-refractivity contribution in [1.82, 2.24) is 10.6 Å². The number of unbranched alkanes of at least 4 members (excludes halogenated alkanes) is 14. The zero-order valence-electron chi connectivity index (χ0n) is 27.8. The topological polar surface area (TPSA) is 58.2 Å². The Balaban J connectivity index is 2.06. The van der Waals surface area contributed by atoms with E-state index >= 15 is 0 Å². The number of rotatable bonds is 24. The van der Waals surface area contributed by atoms with E-state index in [-0.39, 0.29) is 23.9 Å². The number of hydrogen-bond acceptors (Lipinski definition) is 2. The van der Waals surface area contributed by atoms with E-state index < -0.39 is 0 Å². The Hall–Kier alpha value is -1.14. The van der Waals surface area contributed by atoms with Crippen LogP contribution in [0, 0.1) is 0 Å². The number of nitrogens with zero attached hydrogens (tertiary/aromatic N) is 2. The van der Waals surface area contributed by atoms with Gasteiger partial charge in [0.15, 0.2) is 0 Å². The Morgan fingerprint density at radius 1 is 0.475 bits per heavy atom. The largest absolute Gasteiger partial charge is 0.351 e. The third kappa shape index (κ3) is 22.5. The summed E-state index contributed by atoms with van der Waals surface area (Å²) >= 11 is 0. The molecule has 2 atom stereocenters. The van der Waals surface area contributed by atoms with Gasteiger partial charge in [-0.2, -0.15) is 0 Å². The first-order valence-corrected chi connectivity index (χ1v) is 17.2. The molecule has 0 aromatic rings. The van der Waals surface area contributed by atoms with Crippen molar-refractivity contribution in [3.8, 4) is 0 Å². The first kappa shape index (κ1) is 36.9. The Kier molecular flexibility index (Phi) is 19.9. The Bertz CT molecular complexity index is 597. The fraction of sp³-hybridized carbons (Fsp3) is 0.941. The monoisotopic (exact) mass is 567 g/mol. The van der Waals surface area contributed by atoms with E-state index in [4.69, 9.17) is 0 Å². The molecule has 236 valence electrons. The second kappa shape index (κ2) is 21.5. The summed E-state index contributed by atoms with van der Waals surface area (Å²) in [5, 5.41) is 6.54. The summed E-state index contributed by atoms with van der Waals surface area (Å²) in [5.74, 6) is 0.341. The van der Waals surface area contributed by atoms with Crippen LogP contribution >= 0.6 is 0 Å². The highest BCUT2D eigenvalue weighted by Gasteiger charge is 2.27. The lowest BCUT2D eigenvalue weighted by Crippen LogP contribution is -2.53. The molecule has 1 aliphatic rings. The second-order valence-corrected chi connectivity index (χ2v) is 14.8. The van der Waals surface area contributed by atoms with Crippen LogP contribution in [0.15, 0.2) is 0 Å². The van der Waals surface area contributed by atoms with E-state index in [2.05, 4.69) is 52.9 Å². The third-order valence-corrected chi connectivity index (χ3v) is 8.42. The molecule has 1 fully saturated rings. The maximum Gasteiger partial charge on any atom is 0.220 e. The minimum Gasteiger partial charge on any atom is -0.351 e. The minimum absolute atomic E-state index is 0.106. The predicted octanol–water partition coefficient (Wildman–Crippen LogP) is 6.96. The van der Waals surface area contributed by atoms with Gasteiger partial charge in [0.2, 0.25) is 11.8 Å². The van der Waals surface area contributed by atoms with E-state index in [0.29, 0.717) is 12.8 Å². The molecule has 2 N–H and O–H groups in total. The van der Waals surface area contributed by atoms with Gasteiger partial charge in [-0.15, -0.1) is 0 Å². The Labute approximate surface area is 249 Å². The molecule has 1 saturated carbocycles. The van der Waals surface area contributed by atoms with Gasteiger partial charge in [-0.25, -0.2) is 0 Å². The number of quaternary nitrogens is 2. The average Bonchev–Trinajstić information content (AvgIpc) is 2.86. The van der Waals surface area contributed by atoms with Gasteiger partial charge in [0.25, 0.3) is 0 Å². The van der Waals surface area contributed by atoms with Gasteiger partial charge in [-0.3, -0.25) is 9.59 Å². The molecule has 0 aromatic carbocycles. The molecule has 6 nitrogen and oxygen atoms in total. The van der Waals surface area contributed by atoms with Crippen molar-refractivity contribution in [1.29, 1.82) is 0 Å². The maximum atomic E-state index is 12.6. The molecular formula is C34H70N4O2+2. The number of carbonyl (C=O) groups is 2. The van der Waals surface area contributed by atoms with Gasteiger partial charge < -0.3 is 19.6 Å². The van der Waals surface area contributed by atoms with Crippen LogP contribution < -0.4 is 10.6 Å². The molecule has 0 aromatic heterocycles. The molecule has 0 heterocycles. The lowest BCUT2D eigenvalue weighted by molar-refractivity contribution is -0.870. The lowest BCUT2D eigenvalue weighted by atomic mass is 9.90. The maximum absolute atomic E-state index is 12.6. The number of nitrogens with one attached hydrogen (secondary N) is 2. The molecule has 1 aliphatic carbocycles. The highest BCUT2D eigenvalue weighted by Crippen LogP contribution is 2.20. The number of carbonyl (C=O) groups excluding carboxylic acids is 2. The van der Waals surface area contributed by atoms with Crippen LogP contribution in [-0.4, -0.2) is 88.2 Å². The standard InChI is InChI=1S/C34H68N4O2/c1-37(2,3)29-23-17-13-9-7-11-15-19-27-33(39)35-31-25-21-22-26-32(31)36-34(40)28-20-16-12-8-10-14-18-24-30-38(4,5)6/h31-32H,7-30H2,1-6H3/p+2/t31-,32-/m0/s1. The van der Waals surface area contributed by atoms with Crippen molar-refractivity contribution in [2.45, 2.75) is 153 Å². The Morgan fingerprint density at radius 2 is 0.750 bits per heavy atom. The van der Waals surface area contributed by atoms with Crippen molar-refractivity contribution in [3.63, 3.8) is 0 Å². The van der Waals surface area contributed by atoms with Crippen LogP contribution in [0.4, 0.5) is 0 Å². The van der Waals surface area contributed by atoms with Gasteiger partial charge >= 0.3 is 0 Å². The highest BCUT2D eigenvalue weighted by molar-refractivity contribution is 5.77. The smallest absolute Gasteiger partial charge is 0.220 e. The third-order valence-electron chi connectivity index (χ3n) is 8.42. The van der Waals surface area contributed by atoms with Gasteiger partial charge in [0.05, 0.1) is 55.4 Å². The van der Waals surface area contributed by atoms with E-state index in [0.717, 1.165) is 60.3 Å². The summed E-state index contributed by atoms with van der Waals surface area (Å²) < 4.78 is 2.13. The number of hydrogen-bond donors (Lipinski definition) is 2. The summed E-state index contributed by atoms with van der Waals surface area (Å²) in [6.45, 7) is 2.53. The normalized spacial score (nSPS) is 18.1. The molecular weight excluding hydrogens is 496 g/mol. The fourth-order valence-corrected chi connectivity index (χ4v) is 5.90. The lowest BCUT2D eigenvalue weighted by Gasteiger charge is -2.33. The van der Waals surface area contributed by atoms with Gasteiger partial charge in [-0.1, -0.05) is 77.0 Å². The predicted molar refractivity (Wildman–Crippen MR) is 171 cm³/mol. The van der Waals surface area contributed by atoms with E-state index in [1.807, 2.05) is 0 Å². The molecule has 40 heavy (non-hydrogen) atoms. The first-order valence-electron chi connectivity index (χ1n) is 17.2. The molecule has 2 amide bonds. The van der Waals surface area contributed by atoms with E-state index in [1.165, 1.54) is 90.1 Å².